The number of carbonyl (C=O) groups is 3. The maximum absolute atomic E-state index is 13.6. The Morgan fingerprint density at radius 3 is 1.32 bits per heavy atom. The summed E-state index contributed by atoms with van der Waals surface area (Å²) in [5.74, 6) is 0.0995. The van der Waals surface area contributed by atoms with Crippen molar-refractivity contribution in [1.29, 1.82) is 0 Å². The zero-order chi connectivity index (χ0) is 36.5. The van der Waals surface area contributed by atoms with E-state index in [2.05, 4.69) is 41.5 Å². The highest BCUT2D eigenvalue weighted by molar-refractivity contribution is 5.89. The van der Waals surface area contributed by atoms with Gasteiger partial charge in [0.1, 0.15) is 23.4 Å². The third kappa shape index (κ3) is 10.3. The Bertz CT molecular complexity index is 1300. The largest absolute Gasteiger partial charge is 0.509 e. The summed E-state index contributed by atoms with van der Waals surface area (Å²) in [7, 11) is 0. The zero-order valence-electron chi connectivity index (χ0n) is 31.3. The maximum atomic E-state index is 13.6. The fourth-order valence-corrected chi connectivity index (χ4v) is 7.17. The summed E-state index contributed by atoms with van der Waals surface area (Å²) in [5.41, 5.74) is 0.816. The summed E-state index contributed by atoms with van der Waals surface area (Å²) < 4.78 is 12.2. The van der Waals surface area contributed by atoms with Crippen molar-refractivity contribution in [2.75, 3.05) is 0 Å². The van der Waals surface area contributed by atoms with Gasteiger partial charge in [-0.1, -0.05) is 78.6 Å². The van der Waals surface area contributed by atoms with Gasteiger partial charge in [-0.2, -0.15) is 9.78 Å². The molecule has 276 valence electrons. The van der Waals surface area contributed by atoms with Crippen molar-refractivity contribution in [3.05, 3.63) is 70.8 Å². The molecule has 0 aromatic heterocycles. The lowest BCUT2D eigenvalue weighted by atomic mass is 9.73. The lowest BCUT2D eigenvalue weighted by molar-refractivity contribution is -0.327. The van der Waals surface area contributed by atoms with Crippen LogP contribution in [0.15, 0.2) is 48.5 Å². The molecule has 2 aliphatic rings. The first-order valence-corrected chi connectivity index (χ1v) is 18.6. The molecule has 6 atom stereocenters. The van der Waals surface area contributed by atoms with Crippen LogP contribution in [0.1, 0.15) is 139 Å². The fourth-order valence-electron chi connectivity index (χ4n) is 7.17. The lowest BCUT2D eigenvalue weighted by Crippen LogP contribution is -2.53. The number of benzene rings is 2. The molecule has 6 unspecified atom stereocenters. The summed E-state index contributed by atoms with van der Waals surface area (Å²) in [6, 6.07) is 14.6. The average Bonchev–Trinajstić information content (AvgIpc) is 3.07. The number of hydrogen-bond acceptors (Lipinski definition) is 9. The number of carbonyl (C=O) groups excluding carboxylic acids is 3. The minimum Gasteiger partial charge on any atom is -0.425 e. The first-order valence-electron chi connectivity index (χ1n) is 18.6. The summed E-state index contributed by atoms with van der Waals surface area (Å²) in [4.78, 5) is 61.8. The van der Waals surface area contributed by atoms with Crippen LogP contribution >= 0.6 is 0 Å². The van der Waals surface area contributed by atoms with Gasteiger partial charge in [-0.3, -0.25) is 9.78 Å². The molecule has 50 heavy (non-hydrogen) atoms. The van der Waals surface area contributed by atoms with Crippen LogP contribution in [0.4, 0.5) is 4.79 Å². The van der Waals surface area contributed by atoms with Crippen LogP contribution in [0.25, 0.3) is 0 Å². The molecular formula is C41H58O9. The molecule has 0 aliphatic heterocycles. The van der Waals surface area contributed by atoms with E-state index in [1.807, 2.05) is 24.3 Å². The van der Waals surface area contributed by atoms with E-state index in [4.69, 9.17) is 29.0 Å². The molecule has 2 aliphatic carbocycles. The van der Waals surface area contributed by atoms with Gasteiger partial charge < -0.3 is 9.47 Å². The second-order valence-corrected chi connectivity index (χ2v) is 15.4. The molecule has 2 aromatic rings. The van der Waals surface area contributed by atoms with Crippen molar-refractivity contribution in [2.45, 2.75) is 143 Å². The Labute approximate surface area is 298 Å². The van der Waals surface area contributed by atoms with Gasteiger partial charge in [0.2, 0.25) is 0 Å². The lowest BCUT2D eigenvalue weighted by Gasteiger charge is -2.45. The van der Waals surface area contributed by atoms with E-state index in [-0.39, 0.29) is 0 Å². The molecule has 0 bridgehead atoms. The van der Waals surface area contributed by atoms with Gasteiger partial charge in [0.25, 0.3) is 0 Å². The second kappa shape index (κ2) is 17.7. The molecule has 9 heteroatoms. The molecule has 2 aromatic carbocycles. The van der Waals surface area contributed by atoms with Crippen LogP contribution in [0, 0.1) is 23.7 Å². The molecular weight excluding hydrogens is 636 g/mol. The first-order chi connectivity index (χ1) is 23.8. The molecule has 0 N–H and O–H groups in total. The highest BCUT2D eigenvalue weighted by Crippen LogP contribution is 2.43. The average molecular weight is 695 g/mol. The predicted octanol–water partition coefficient (Wildman–Crippen LogP) is 9.79. The molecule has 0 spiro atoms. The van der Waals surface area contributed by atoms with Crippen molar-refractivity contribution in [3.63, 3.8) is 0 Å². The Morgan fingerprint density at radius 1 is 0.640 bits per heavy atom. The highest BCUT2D eigenvalue weighted by Gasteiger charge is 2.50. The quantitative estimate of drug-likeness (QED) is 0.109. The van der Waals surface area contributed by atoms with Gasteiger partial charge in [0, 0.05) is 0 Å². The van der Waals surface area contributed by atoms with E-state index in [0.717, 1.165) is 49.7 Å². The van der Waals surface area contributed by atoms with E-state index in [0.29, 0.717) is 60.5 Å². The van der Waals surface area contributed by atoms with Crippen molar-refractivity contribution < 1.29 is 43.4 Å². The summed E-state index contributed by atoms with van der Waals surface area (Å²) in [6.45, 7) is 16.4. The molecule has 0 radical (unpaired) electrons. The van der Waals surface area contributed by atoms with Gasteiger partial charge in [-0.25, -0.2) is 14.4 Å². The monoisotopic (exact) mass is 694 g/mol. The number of rotatable bonds is 14. The first kappa shape index (κ1) is 39.4. The minimum absolute atomic E-state index is 0.291. The standard InChI is InChI=1S/C41H58O9/c1-9-11-29-13-17-31(18-14-29)37(42)49-47-35-25-33(27(3)4)21-23-40(35,7)45-39(44)46-41(8)24-22-34(28(5)6)26-36(41)48-50-38(43)32-19-15-30(12-10-2)16-20-32/h13-20,27-28,33-36H,9-12,21-26H2,1-8H3. The molecule has 2 saturated carbocycles. The van der Waals surface area contributed by atoms with E-state index in [1.54, 1.807) is 38.1 Å². The maximum Gasteiger partial charge on any atom is 0.509 e. The summed E-state index contributed by atoms with van der Waals surface area (Å²) in [5, 5.41) is 0. The van der Waals surface area contributed by atoms with Crippen LogP contribution in [0.5, 0.6) is 0 Å². The van der Waals surface area contributed by atoms with Crippen LogP contribution < -0.4 is 0 Å². The highest BCUT2D eigenvalue weighted by atomic mass is 17.2. The van der Waals surface area contributed by atoms with Crippen molar-refractivity contribution in [1.82, 2.24) is 0 Å². The molecule has 9 nitrogen and oxygen atoms in total. The van der Waals surface area contributed by atoms with E-state index < -0.39 is 41.5 Å². The molecule has 4 rings (SSSR count). The third-order valence-corrected chi connectivity index (χ3v) is 10.9. The van der Waals surface area contributed by atoms with Crippen LogP contribution in [0.3, 0.4) is 0 Å². The van der Waals surface area contributed by atoms with Crippen LogP contribution in [-0.2, 0) is 41.9 Å². The van der Waals surface area contributed by atoms with Crippen molar-refractivity contribution in [2.24, 2.45) is 23.7 Å². The third-order valence-electron chi connectivity index (χ3n) is 10.9. The fraction of sp³-hybridized carbons (Fsp3) is 0.634. The zero-order valence-corrected chi connectivity index (χ0v) is 31.3. The molecule has 2 fully saturated rings. The number of aryl methyl sites for hydroxylation is 2. The Morgan fingerprint density at radius 2 is 1.00 bits per heavy atom. The van der Waals surface area contributed by atoms with Crippen LogP contribution in [-0.4, -0.2) is 41.5 Å². The Kier molecular flexibility index (Phi) is 13.9. The topological polar surface area (TPSA) is 107 Å². The van der Waals surface area contributed by atoms with Gasteiger partial charge in [0.05, 0.1) is 11.1 Å². The SMILES string of the molecule is CCCc1ccc(C(=O)OOC2CC(C(C)C)CCC2(C)OC(=O)OC2(C)CCC(C(C)C)CC2OOC(=O)c2ccc(CCC)cc2)cc1. The van der Waals surface area contributed by atoms with E-state index >= 15 is 0 Å². The second-order valence-electron chi connectivity index (χ2n) is 15.4. The molecule has 0 heterocycles. The van der Waals surface area contributed by atoms with Crippen molar-refractivity contribution >= 4 is 18.1 Å². The van der Waals surface area contributed by atoms with Gasteiger partial charge in [0.15, 0.2) is 0 Å². The molecule has 0 amide bonds. The van der Waals surface area contributed by atoms with Gasteiger partial charge in [-0.05, 0) is 124 Å². The predicted molar refractivity (Wildman–Crippen MR) is 190 cm³/mol. The molecule has 0 saturated heterocycles. The van der Waals surface area contributed by atoms with E-state index in [9.17, 15) is 14.4 Å². The summed E-state index contributed by atoms with van der Waals surface area (Å²) in [6.07, 6.45) is 5.29. The Hall–Kier alpha value is -3.43. The smallest absolute Gasteiger partial charge is 0.425 e. The number of hydrogen-bond donors (Lipinski definition) is 0. The van der Waals surface area contributed by atoms with Crippen LogP contribution in [0.2, 0.25) is 0 Å². The number of ether oxygens (including phenoxy) is 2. The van der Waals surface area contributed by atoms with Crippen molar-refractivity contribution in [3.8, 4) is 0 Å². The van der Waals surface area contributed by atoms with Gasteiger partial charge in [-0.15, -0.1) is 0 Å². The van der Waals surface area contributed by atoms with E-state index in [1.165, 1.54) is 0 Å². The van der Waals surface area contributed by atoms with Gasteiger partial charge >= 0.3 is 18.1 Å². The normalized spacial score (nSPS) is 26.8. The minimum atomic E-state index is -1.12. The Balaban J connectivity index is 1.43. The summed E-state index contributed by atoms with van der Waals surface area (Å²) >= 11 is 0.